The van der Waals surface area contributed by atoms with Crippen LogP contribution >= 0.6 is 33.9 Å². The molecule has 0 bridgehead atoms. The molecule has 1 amide bonds. The first-order chi connectivity index (χ1) is 8.65. The molecule has 6 heteroatoms. The summed E-state index contributed by atoms with van der Waals surface area (Å²) in [6.07, 6.45) is 1.95. The first-order valence-electron chi connectivity index (χ1n) is 5.93. The normalized spacial score (nSPS) is 24.3. The van der Waals surface area contributed by atoms with Crippen molar-refractivity contribution in [3.05, 3.63) is 19.9 Å². The van der Waals surface area contributed by atoms with Gasteiger partial charge in [0.2, 0.25) is 0 Å². The molecule has 0 radical (unpaired) electrons. The zero-order chi connectivity index (χ0) is 13.1. The lowest BCUT2D eigenvalue weighted by Crippen LogP contribution is -2.51. The Kier molecular flexibility index (Phi) is 4.99. The lowest BCUT2D eigenvalue weighted by molar-refractivity contribution is 0.0139. The molecular formula is C12H17IN2O2S. The average molecular weight is 380 g/mol. The molecule has 1 aliphatic rings. The summed E-state index contributed by atoms with van der Waals surface area (Å²) in [6, 6.07) is 2.03. The summed E-state index contributed by atoms with van der Waals surface area (Å²) >= 11 is 3.83. The van der Waals surface area contributed by atoms with Crippen LogP contribution in [0.1, 0.15) is 23.2 Å². The second-order valence-electron chi connectivity index (χ2n) is 4.41. The fourth-order valence-corrected chi connectivity index (χ4v) is 3.63. The monoisotopic (exact) mass is 380 g/mol. The third kappa shape index (κ3) is 3.04. The van der Waals surface area contributed by atoms with Crippen molar-refractivity contribution in [1.29, 1.82) is 0 Å². The average Bonchev–Trinajstić information content (AvgIpc) is 2.83. The number of carbonyl (C=O) groups excluding carboxylic acids is 1. The Morgan fingerprint density at radius 2 is 2.50 bits per heavy atom. The van der Waals surface area contributed by atoms with Gasteiger partial charge in [-0.15, -0.1) is 11.3 Å². The molecule has 2 heterocycles. The smallest absolute Gasteiger partial charge is 0.255 e. The van der Waals surface area contributed by atoms with E-state index in [9.17, 15) is 4.79 Å². The van der Waals surface area contributed by atoms with Crippen LogP contribution in [-0.2, 0) is 4.74 Å². The topological polar surface area (TPSA) is 55.6 Å². The zero-order valence-corrected chi connectivity index (χ0v) is 13.2. The summed E-state index contributed by atoms with van der Waals surface area (Å²) in [6.45, 7) is 1.22. The van der Waals surface area contributed by atoms with Crippen molar-refractivity contribution in [3.8, 4) is 0 Å². The molecule has 100 valence electrons. The van der Waals surface area contributed by atoms with Gasteiger partial charge in [0.25, 0.3) is 5.91 Å². The predicted molar refractivity (Wildman–Crippen MR) is 80.9 cm³/mol. The fourth-order valence-electron chi connectivity index (χ4n) is 2.31. The SMILES string of the molecule is COC1CCN(C(=O)c2csc(I)c2)C(CN)C1. The highest BCUT2D eigenvalue weighted by atomic mass is 127. The summed E-state index contributed by atoms with van der Waals surface area (Å²) in [5.74, 6) is 0.0965. The molecule has 0 spiro atoms. The maximum Gasteiger partial charge on any atom is 0.255 e. The van der Waals surface area contributed by atoms with E-state index in [4.69, 9.17) is 10.5 Å². The first kappa shape index (κ1) is 14.2. The number of nitrogens with two attached hydrogens (primary N) is 1. The highest BCUT2D eigenvalue weighted by Crippen LogP contribution is 2.24. The highest BCUT2D eigenvalue weighted by molar-refractivity contribution is 14.1. The number of ether oxygens (including phenoxy) is 1. The summed E-state index contributed by atoms with van der Waals surface area (Å²) < 4.78 is 6.50. The zero-order valence-electron chi connectivity index (χ0n) is 10.3. The molecule has 0 aliphatic carbocycles. The largest absolute Gasteiger partial charge is 0.381 e. The number of hydrogen-bond donors (Lipinski definition) is 1. The number of rotatable bonds is 3. The first-order valence-corrected chi connectivity index (χ1v) is 7.89. The minimum absolute atomic E-state index is 0.0914. The van der Waals surface area contributed by atoms with Crippen LogP contribution in [0.15, 0.2) is 11.4 Å². The minimum Gasteiger partial charge on any atom is -0.381 e. The Bertz CT molecular complexity index is 424. The van der Waals surface area contributed by atoms with Gasteiger partial charge in [-0.05, 0) is 41.5 Å². The third-order valence-electron chi connectivity index (χ3n) is 3.35. The molecule has 4 nitrogen and oxygen atoms in total. The Morgan fingerprint density at radius 1 is 1.72 bits per heavy atom. The van der Waals surface area contributed by atoms with Crippen molar-refractivity contribution in [1.82, 2.24) is 4.90 Å². The second kappa shape index (κ2) is 6.31. The van der Waals surface area contributed by atoms with Crippen LogP contribution in [0.5, 0.6) is 0 Å². The molecule has 2 atom stereocenters. The molecule has 1 aromatic rings. The number of hydrogen-bond acceptors (Lipinski definition) is 4. The van der Waals surface area contributed by atoms with Crippen molar-refractivity contribution >= 4 is 39.8 Å². The van der Waals surface area contributed by atoms with Gasteiger partial charge in [0.15, 0.2) is 0 Å². The Morgan fingerprint density at radius 3 is 3.06 bits per heavy atom. The van der Waals surface area contributed by atoms with E-state index in [1.165, 1.54) is 0 Å². The maximum absolute atomic E-state index is 12.4. The molecule has 1 aromatic heterocycles. The van der Waals surface area contributed by atoms with Crippen LogP contribution in [0.25, 0.3) is 0 Å². The van der Waals surface area contributed by atoms with Gasteiger partial charge in [-0.1, -0.05) is 0 Å². The van der Waals surface area contributed by atoms with Gasteiger partial charge in [-0.2, -0.15) is 0 Å². The molecular weight excluding hydrogens is 363 g/mol. The van der Waals surface area contributed by atoms with E-state index >= 15 is 0 Å². The predicted octanol–water partition coefficient (Wildman–Crippen LogP) is 1.93. The van der Waals surface area contributed by atoms with Gasteiger partial charge in [0.05, 0.1) is 14.6 Å². The van der Waals surface area contributed by atoms with Gasteiger partial charge in [0.1, 0.15) is 0 Å². The van der Waals surface area contributed by atoms with E-state index in [0.29, 0.717) is 6.54 Å². The van der Waals surface area contributed by atoms with Crippen LogP contribution in [0.2, 0.25) is 0 Å². The lowest BCUT2D eigenvalue weighted by atomic mass is 9.98. The van der Waals surface area contributed by atoms with Gasteiger partial charge >= 0.3 is 0 Å². The van der Waals surface area contributed by atoms with E-state index in [1.54, 1.807) is 18.4 Å². The number of nitrogens with zero attached hydrogens (tertiary/aromatic N) is 1. The molecule has 0 saturated carbocycles. The van der Waals surface area contributed by atoms with Gasteiger partial charge in [-0.3, -0.25) is 4.79 Å². The van der Waals surface area contributed by atoms with E-state index in [1.807, 2.05) is 16.3 Å². The van der Waals surface area contributed by atoms with Crippen LogP contribution in [0.4, 0.5) is 0 Å². The Hall–Kier alpha value is -0.180. The van der Waals surface area contributed by atoms with Crippen molar-refractivity contribution in [2.75, 3.05) is 20.2 Å². The van der Waals surface area contributed by atoms with E-state index in [2.05, 4.69) is 22.6 Å². The fraction of sp³-hybridized carbons (Fsp3) is 0.583. The third-order valence-corrected chi connectivity index (χ3v) is 5.14. The summed E-state index contributed by atoms with van der Waals surface area (Å²) in [4.78, 5) is 14.3. The quantitative estimate of drug-likeness (QED) is 0.816. The van der Waals surface area contributed by atoms with Crippen molar-refractivity contribution in [2.24, 2.45) is 5.73 Å². The molecule has 0 aromatic carbocycles. The van der Waals surface area contributed by atoms with Crippen molar-refractivity contribution in [3.63, 3.8) is 0 Å². The Balaban J connectivity index is 2.10. The number of thiophene rings is 1. The summed E-state index contributed by atoms with van der Waals surface area (Å²) in [7, 11) is 1.72. The minimum atomic E-state index is 0.0914. The van der Waals surface area contributed by atoms with E-state index in [0.717, 1.165) is 27.8 Å². The number of likely N-dealkylation sites (tertiary alicyclic amines) is 1. The summed E-state index contributed by atoms with van der Waals surface area (Å²) in [5.41, 5.74) is 6.56. The summed E-state index contributed by atoms with van der Waals surface area (Å²) in [5, 5.41) is 1.92. The second-order valence-corrected chi connectivity index (χ2v) is 7.22. The van der Waals surface area contributed by atoms with Gasteiger partial charge < -0.3 is 15.4 Å². The van der Waals surface area contributed by atoms with Crippen LogP contribution in [0, 0.1) is 2.88 Å². The molecule has 2 rings (SSSR count). The van der Waals surface area contributed by atoms with Gasteiger partial charge in [-0.25, -0.2) is 0 Å². The maximum atomic E-state index is 12.4. The molecule has 18 heavy (non-hydrogen) atoms. The number of methoxy groups -OCH3 is 1. The number of halogens is 1. The van der Waals surface area contributed by atoms with E-state index < -0.39 is 0 Å². The molecule has 2 N–H and O–H groups in total. The highest BCUT2D eigenvalue weighted by Gasteiger charge is 2.31. The molecule has 1 aliphatic heterocycles. The molecule has 2 unspecified atom stereocenters. The Labute approximate surface area is 125 Å². The number of piperidine rings is 1. The van der Waals surface area contributed by atoms with Gasteiger partial charge in [0, 0.05) is 31.6 Å². The van der Waals surface area contributed by atoms with Crippen LogP contribution < -0.4 is 5.73 Å². The molecule has 1 fully saturated rings. The van der Waals surface area contributed by atoms with Crippen LogP contribution in [0.3, 0.4) is 0 Å². The standard InChI is InChI=1S/C12H17IN2O2S/c1-17-10-2-3-15(9(5-10)6-14)12(16)8-4-11(13)18-7-8/h4,7,9-10H,2-3,5-6,14H2,1H3. The van der Waals surface area contributed by atoms with Crippen LogP contribution in [-0.4, -0.2) is 43.2 Å². The number of amides is 1. The lowest BCUT2D eigenvalue weighted by Gasteiger charge is -2.38. The molecule has 1 saturated heterocycles. The van der Waals surface area contributed by atoms with Crippen molar-refractivity contribution in [2.45, 2.75) is 25.0 Å². The van der Waals surface area contributed by atoms with E-state index in [-0.39, 0.29) is 18.1 Å². The number of carbonyl (C=O) groups is 1. The van der Waals surface area contributed by atoms with Crippen molar-refractivity contribution < 1.29 is 9.53 Å².